The molecular weight excluding hydrogens is 338 g/mol. The van der Waals surface area contributed by atoms with Gasteiger partial charge in [0, 0.05) is 31.2 Å². The highest BCUT2D eigenvalue weighted by molar-refractivity contribution is 7.12. The van der Waals surface area contributed by atoms with E-state index < -0.39 is 0 Å². The van der Waals surface area contributed by atoms with Crippen LogP contribution in [0.25, 0.3) is 0 Å². The average molecular weight is 361 g/mol. The maximum absolute atomic E-state index is 12.3. The Bertz CT molecular complexity index is 736. The first kappa shape index (κ1) is 16.8. The standard InChI is InChI=1S/C18H23N3O3S/c1-11-6-17(21-24-11)20-18(22)16-7-13(10-25-16)14-8-15(14)19-9-12-2-4-23-5-3-12/h6-7,10,12,14-15,19H,2-5,8-9H2,1H3,(H,20,21,22)/t14-,15+/m0/s1. The highest BCUT2D eigenvalue weighted by atomic mass is 32.1. The number of hydrogen-bond donors (Lipinski definition) is 2. The summed E-state index contributed by atoms with van der Waals surface area (Å²) in [5, 5.41) is 12.3. The van der Waals surface area contributed by atoms with Crippen LogP contribution in [0.1, 0.15) is 46.2 Å². The smallest absolute Gasteiger partial charge is 0.266 e. The zero-order chi connectivity index (χ0) is 17.2. The normalized spacial score (nSPS) is 23.6. The van der Waals surface area contributed by atoms with Crippen LogP contribution in [0.2, 0.25) is 0 Å². The van der Waals surface area contributed by atoms with Gasteiger partial charge >= 0.3 is 0 Å². The molecule has 1 aliphatic carbocycles. The third-order valence-corrected chi connectivity index (χ3v) is 5.89. The Balaban J connectivity index is 1.27. The van der Waals surface area contributed by atoms with Crippen LogP contribution in [-0.2, 0) is 4.74 Å². The molecule has 134 valence electrons. The van der Waals surface area contributed by atoms with Crippen LogP contribution in [0.5, 0.6) is 0 Å². The monoisotopic (exact) mass is 361 g/mol. The summed E-state index contributed by atoms with van der Waals surface area (Å²) in [6.45, 7) is 4.67. The van der Waals surface area contributed by atoms with E-state index in [1.165, 1.54) is 16.9 Å². The number of nitrogens with one attached hydrogen (secondary N) is 2. The Kier molecular flexibility index (Phi) is 4.87. The van der Waals surface area contributed by atoms with E-state index in [0.717, 1.165) is 44.9 Å². The van der Waals surface area contributed by atoms with Gasteiger partial charge in [-0.25, -0.2) is 0 Å². The number of thiophene rings is 1. The van der Waals surface area contributed by atoms with E-state index >= 15 is 0 Å². The fourth-order valence-electron chi connectivity index (χ4n) is 3.33. The molecule has 2 aromatic heterocycles. The first-order valence-electron chi connectivity index (χ1n) is 8.83. The SMILES string of the molecule is Cc1cc(NC(=O)c2cc([C@@H]3C[C@H]3NCC3CCOCC3)cs2)no1. The molecule has 0 bridgehead atoms. The molecule has 25 heavy (non-hydrogen) atoms. The van der Waals surface area contributed by atoms with Crippen molar-refractivity contribution in [1.29, 1.82) is 0 Å². The molecule has 2 atom stereocenters. The number of carbonyl (C=O) groups excluding carboxylic acids is 1. The van der Waals surface area contributed by atoms with Gasteiger partial charge in [0.1, 0.15) is 5.76 Å². The molecule has 6 nitrogen and oxygen atoms in total. The first-order chi connectivity index (χ1) is 12.2. The number of nitrogens with zero attached hydrogens (tertiary/aromatic N) is 1. The van der Waals surface area contributed by atoms with E-state index in [4.69, 9.17) is 9.26 Å². The van der Waals surface area contributed by atoms with Gasteiger partial charge in [-0.2, -0.15) is 0 Å². The van der Waals surface area contributed by atoms with Gasteiger partial charge in [-0.05, 0) is 55.7 Å². The second-order valence-electron chi connectivity index (χ2n) is 6.93. The summed E-state index contributed by atoms with van der Waals surface area (Å²) < 4.78 is 10.4. The fraction of sp³-hybridized carbons (Fsp3) is 0.556. The first-order valence-corrected chi connectivity index (χ1v) is 9.71. The Morgan fingerprint density at radius 3 is 2.96 bits per heavy atom. The second kappa shape index (κ2) is 7.27. The molecule has 3 heterocycles. The zero-order valence-corrected chi connectivity index (χ0v) is 15.1. The van der Waals surface area contributed by atoms with Crippen molar-refractivity contribution in [2.75, 3.05) is 25.1 Å². The van der Waals surface area contributed by atoms with Gasteiger partial charge in [0.2, 0.25) is 0 Å². The number of amides is 1. The summed E-state index contributed by atoms with van der Waals surface area (Å²) in [6, 6.07) is 4.27. The molecule has 1 saturated heterocycles. The maximum Gasteiger partial charge on any atom is 0.266 e. The third kappa shape index (κ3) is 4.11. The average Bonchev–Trinajstić information content (AvgIpc) is 3.02. The molecule has 0 radical (unpaired) electrons. The molecule has 4 rings (SSSR count). The third-order valence-electron chi connectivity index (χ3n) is 4.94. The van der Waals surface area contributed by atoms with Gasteiger partial charge in [0.15, 0.2) is 5.82 Å². The molecule has 2 N–H and O–H groups in total. The summed E-state index contributed by atoms with van der Waals surface area (Å²) in [6.07, 6.45) is 3.48. The summed E-state index contributed by atoms with van der Waals surface area (Å²) >= 11 is 1.49. The lowest BCUT2D eigenvalue weighted by molar-refractivity contribution is 0.0662. The van der Waals surface area contributed by atoms with Crippen LogP contribution in [0.15, 0.2) is 22.0 Å². The summed E-state index contributed by atoms with van der Waals surface area (Å²) in [7, 11) is 0. The maximum atomic E-state index is 12.3. The van der Waals surface area contributed by atoms with Gasteiger partial charge in [-0.3, -0.25) is 4.79 Å². The number of rotatable bonds is 6. The lowest BCUT2D eigenvalue weighted by Gasteiger charge is -2.22. The summed E-state index contributed by atoms with van der Waals surface area (Å²) in [5.74, 6) is 2.28. The van der Waals surface area contributed by atoms with Gasteiger partial charge < -0.3 is 19.9 Å². The van der Waals surface area contributed by atoms with Crippen LogP contribution in [0, 0.1) is 12.8 Å². The lowest BCUT2D eigenvalue weighted by Crippen LogP contribution is -2.29. The van der Waals surface area contributed by atoms with E-state index in [1.807, 2.05) is 6.07 Å². The Morgan fingerprint density at radius 1 is 1.36 bits per heavy atom. The van der Waals surface area contributed by atoms with E-state index in [9.17, 15) is 4.79 Å². The number of ether oxygens (including phenoxy) is 1. The number of aryl methyl sites for hydroxylation is 1. The summed E-state index contributed by atoms with van der Waals surface area (Å²) in [5.41, 5.74) is 1.26. The zero-order valence-electron chi connectivity index (χ0n) is 14.3. The second-order valence-corrected chi connectivity index (χ2v) is 7.85. The van der Waals surface area contributed by atoms with Crippen LogP contribution in [0.4, 0.5) is 5.82 Å². The molecule has 2 fully saturated rings. The lowest BCUT2D eigenvalue weighted by atomic mass is 10.0. The van der Waals surface area contributed by atoms with E-state index in [2.05, 4.69) is 21.2 Å². The van der Waals surface area contributed by atoms with Crippen LogP contribution < -0.4 is 10.6 Å². The van der Waals surface area contributed by atoms with Crippen molar-refractivity contribution in [3.05, 3.63) is 33.7 Å². The van der Waals surface area contributed by atoms with Crippen molar-refractivity contribution in [3.8, 4) is 0 Å². The van der Waals surface area contributed by atoms with Crippen LogP contribution >= 0.6 is 11.3 Å². The van der Waals surface area contributed by atoms with Crippen molar-refractivity contribution in [1.82, 2.24) is 10.5 Å². The summed E-state index contributed by atoms with van der Waals surface area (Å²) in [4.78, 5) is 13.0. The van der Waals surface area contributed by atoms with Crippen molar-refractivity contribution in [2.24, 2.45) is 5.92 Å². The Hall–Kier alpha value is -1.70. The van der Waals surface area contributed by atoms with Crippen molar-refractivity contribution < 1.29 is 14.1 Å². The largest absolute Gasteiger partial charge is 0.381 e. The molecule has 0 spiro atoms. The highest BCUT2D eigenvalue weighted by Crippen LogP contribution is 2.42. The van der Waals surface area contributed by atoms with Crippen molar-refractivity contribution in [2.45, 2.75) is 38.1 Å². The molecule has 1 saturated carbocycles. The minimum Gasteiger partial charge on any atom is -0.381 e. The number of anilines is 1. The number of aromatic nitrogens is 1. The topological polar surface area (TPSA) is 76.4 Å². The minimum atomic E-state index is -0.128. The number of hydrogen-bond acceptors (Lipinski definition) is 6. The van der Waals surface area contributed by atoms with Crippen molar-refractivity contribution >= 4 is 23.1 Å². The van der Waals surface area contributed by atoms with E-state index in [-0.39, 0.29) is 5.91 Å². The molecular formula is C18H23N3O3S. The van der Waals surface area contributed by atoms with Crippen LogP contribution in [-0.4, -0.2) is 36.9 Å². The van der Waals surface area contributed by atoms with Gasteiger partial charge in [0.05, 0.1) is 4.88 Å². The fourth-order valence-corrected chi connectivity index (χ4v) is 4.19. The predicted molar refractivity (Wildman–Crippen MR) is 96.2 cm³/mol. The van der Waals surface area contributed by atoms with E-state index in [0.29, 0.717) is 28.4 Å². The quantitative estimate of drug-likeness (QED) is 0.826. The number of carbonyl (C=O) groups is 1. The molecule has 7 heteroatoms. The molecule has 2 aliphatic rings. The molecule has 0 aromatic carbocycles. The molecule has 1 amide bonds. The highest BCUT2D eigenvalue weighted by Gasteiger charge is 2.39. The molecule has 2 aromatic rings. The van der Waals surface area contributed by atoms with Crippen molar-refractivity contribution in [3.63, 3.8) is 0 Å². The molecule has 0 unspecified atom stereocenters. The van der Waals surface area contributed by atoms with E-state index in [1.54, 1.807) is 13.0 Å². The Labute approximate surface area is 150 Å². The van der Waals surface area contributed by atoms with Gasteiger partial charge in [0.25, 0.3) is 5.91 Å². The van der Waals surface area contributed by atoms with Gasteiger partial charge in [-0.1, -0.05) is 5.16 Å². The minimum absolute atomic E-state index is 0.128. The van der Waals surface area contributed by atoms with Gasteiger partial charge in [-0.15, -0.1) is 11.3 Å². The Morgan fingerprint density at radius 2 is 2.20 bits per heavy atom. The molecule has 1 aliphatic heterocycles. The predicted octanol–water partition coefficient (Wildman–Crippen LogP) is 3.17. The van der Waals surface area contributed by atoms with Crippen LogP contribution in [0.3, 0.4) is 0 Å².